The maximum Gasteiger partial charge on any atom is 0.184 e. The van der Waals surface area contributed by atoms with Crippen LogP contribution in [-0.4, -0.2) is 22.2 Å². The van der Waals surface area contributed by atoms with E-state index in [-0.39, 0.29) is 0 Å². The van der Waals surface area contributed by atoms with Crippen LogP contribution in [0, 0.1) is 0 Å². The first-order valence-corrected chi connectivity index (χ1v) is 5.30. The first-order valence-electron chi connectivity index (χ1n) is 4.11. The lowest BCUT2D eigenvalue weighted by Gasteiger charge is -2.20. The number of halogens is 1. The Bertz CT molecular complexity index is 275. The van der Waals surface area contributed by atoms with E-state index in [4.69, 9.17) is 11.6 Å². The van der Waals surface area contributed by atoms with Crippen LogP contribution < -0.4 is 5.32 Å². The molecule has 0 radical (unpaired) electrons. The predicted octanol–water partition coefficient (Wildman–Crippen LogP) is 2.37. The summed E-state index contributed by atoms with van der Waals surface area (Å²) in [6.07, 6.45) is 2.30. The van der Waals surface area contributed by atoms with Crippen molar-refractivity contribution >= 4 is 28.1 Å². The zero-order valence-electron chi connectivity index (χ0n) is 7.67. The topological polar surface area (TPSA) is 45.1 Å². The van der Waals surface area contributed by atoms with E-state index >= 15 is 0 Å². The quantitative estimate of drug-likeness (QED) is 0.819. The predicted molar refractivity (Wildman–Crippen MR) is 56.5 cm³/mol. The van der Waals surface area contributed by atoms with Crippen LogP contribution in [0.2, 0.25) is 4.34 Å². The molecule has 0 bridgehead atoms. The first kappa shape index (κ1) is 10.8. The molecule has 1 unspecified atom stereocenters. The zero-order valence-corrected chi connectivity index (χ0v) is 9.24. The van der Waals surface area contributed by atoms with Crippen LogP contribution in [0.1, 0.15) is 20.3 Å². The second-order valence-electron chi connectivity index (χ2n) is 3.17. The summed E-state index contributed by atoms with van der Waals surface area (Å²) in [4.78, 5) is 4.02. The van der Waals surface area contributed by atoms with Gasteiger partial charge in [-0.2, -0.15) is 0 Å². The van der Waals surface area contributed by atoms with Crippen LogP contribution >= 0.6 is 22.9 Å². The maximum absolute atomic E-state index is 9.67. The van der Waals surface area contributed by atoms with Gasteiger partial charge in [-0.15, -0.1) is 0 Å². The molecule has 2 N–H and O–H groups in total. The Balaban J connectivity index is 2.43. The molecule has 0 aliphatic carbocycles. The summed E-state index contributed by atoms with van der Waals surface area (Å²) in [5, 5.41) is 13.5. The highest BCUT2D eigenvalue weighted by atomic mass is 35.5. The number of nitrogens with zero attached hydrogens (tertiary/aromatic N) is 1. The van der Waals surface area contributed by atoms with Gasteiger partial charge in [-0.1, -0.05) is 29.9 Å². The molecular weight excluding hydrogens is 208 g/mol. The van der Waals surface area contributed by atoms with Crippen molar-refractivity contribution < 1.29 is 5.11 Å². The molecule has 1 rings (SSSR count). The molecule has 0 saturated carbocycles. The fourth-order valence-electron chi connectivity index (χ4n) is 0.727. The van der Waals surface area contributed by atoms with Gasteiger partial charge in [0.2, 0.25) is 0 Å². The Labute approximate surface area is 86.8 Å². The van der Waals surface area contributed by atoms with Crippen molar-refractivity contribution in [2.75, 3.05) is 11.9 Å². The van der Waals surface area contributed by atoms with E-state index < -0.39 is 5.60 Å². The summed E-state index contributed by atoms with van der Waals surface area (Å²) < 4.78 is 0.652. The van der Waals surface area contributed by atoms with Crippen molar-refractivity contribution in [3.05, 3.63) is 10.5 Å². The molecule has 0 saturated heterocycles. The molecule has 74 valence electrons. The van der Waals surface area contributed by atoms with Crippen LogP contribution in [0.5, 0.6) is 0 Å². The Morgan fingerprint density at radius 3 is 2.92 bits per heavy atom. The third-order valence-corrected chi connectivity index (χ3v) is 2.93. The normalized spacial score (nSPS) is 15.4. The molecule has 0 aliphatic heterocycles. The molecule has 13 heavy (non-hydrogen) atoms. The molecular formula is C8H13ClN2OS. The summed E-state index contributed by atoms with van der Waals surface area (Å²) in [7, 11) is 0. The Morgan fingerprint density at radius 2 is 2.46 bits per heavy atom. The summed E-state index contributed by atoms with van der Waals surface area (Å²) >= 11 is 7.07. The number of hydrogen-bond donors (Lipinski definition) is 2. The van der Waals surface area contributed by atoms with Crippen molar-refractivity contribution in [2.24, 2.45) is 0 Å². The van der Waals surface area contributed by atoms with E-state index in [1.807, 2.05) is 6.92 Å². The molecule has 0 fully saturated rings. The number of nitrogens with one attached hydrogen (secondary N) is 1. The SMILES string of the molecule is CCC(C)(O)CNc1ncc(Cl)s1. The largest absolute Gasteiger partial charge is 0.388 e. The average Bonchev–Trinajstić information content (AvgIpc) is 2.48. The van der Waals surface area contributed by atoms with Gasteiger partial charge in [0.05, 0.1) is 11.8 Å². The molecule has 0 amide bonds. The minimum atomic E-state index is -0.682. The van der Waals surface area contributed by atoms with E-state index in [2.05, 4.69) is 10.3 Å². The van der Waals surface area contributed by atoms with Gasteiger partial charge in [0.15, 0.2) is 5.13 Å². The van der Waals surface area contributed by atoms with Gasteiger partial charge in [0.1, 0.15) is 4.34 Å². The molecule has 0 spiro atoms. The minimum absolute atomic E-state index is 0.493. The Kier molecular flexibility index (Phi) is 3.53. The minimum Gasteiger partial charge on any atom is -0.388 e. The molecule has 5 heteroatoms. The van der Waals surface area contributed by atoms with Crippen molar-refractivity contribution in [1.82, 2.24) is 4.98 Å². The van der Waals surface area contributed by atoms with Crippen LogP contribution in [0.25, 0.3) is 0 Å². The molecule has 1 aromatic heterocycles. The molecule has 1 atom stereocenters. The number of aromatic nitrogens is 1. The van der Waals surface area contributed by atoms with Gasteiger partial charge in [-0.05, 0) is 13.3 Å². The number of aliphatic hydroxyl groups is 1. The number of hydrogen-bond acceptors (Lipinski definition) is 4. The highest BCUT2D eigenvalue weighted by molar-refractivity contribution is 7.19. The lowest BCUT2D eigenvalue weighted by atomic mass is 10.0. The molecule has 0 aromatic carbocycles. The van der Waals surface area contributed by atoms with Crippen molar-refractivity contribution in [3.8, 4) is 0 Å². The first-order chi connectivity index (χ1) is 6.03. The average molecular weight is 221 g/mol. The number of rotatable bonds is 4. The molecule has 3 nitrogen and oxygen atoms in total. The summed E-state index contributed by atoms with van der Waals surface area (Å²) in [5.41, 5.74) is -0.682. The van der Waals surface area contributed by atoms with Gasteiger partial charge >= 0.3 is 0 Å². The third kappa shape index (κ3) is 3.50. The molecule has 1 heterocycles. The van der Waals surface area contributed by atoms with E-state index in [0.717, 1.165) is 5.13 Å². The van der Waals surface area contributed by atoms with Gasteiger partial charge in [-0.25, -0.2) is 4.98 Å². The number of anilines is 1. The highest BCUT2D eigenvalue weighted by Gasteiger charge is 2.17. The number of thiazole rings is 1. The van der Waals surface area contributed by atoms with Gasteiger partial charge in [-0.3, -0.25) is 0 Å². The summed E-state index contributed by atoms with van der Waals surface area (Å²) in [5.74, 6) is 0. The van der Waals surface area contributed by atoms with Crippen molar-refractivity contribution in [1.29, 1.82) is 0 Å². The summed E-state index contributed by atoms with van der Waals surface area (Å²) in [6.45, 7) is 4.22. The van der Waals surface area contributed by atoms with E-state index in [1.165, 1.54) is 11.3 Å². The molecule has 1 aromatic rings. The smallest absolute Gasteiger partial charge is 0.184 e. The van der Waals surface area contributed by atoms with E-state index in [1.54, 1.807) is 13.1 Å². The zero-order chi connectivity index (χ0) is 9.90. The highest BCUT2D eigenvalue weighted by Crippen LogP contribution is 2.23. The second kappa shape index (κ2) is 4.26. The van der Waals surface area contributed by atoms with Gasteiger partial charge < -0.3 is 10.4 Å². The maximum atomic E-state index is 9.67. The summed E-state index contributed by atoms with van der Waals surface area (Å²) in [6, 6.07) is 0. The fourth-order valence-corrected chi connectivity index (χ4v) is 1.54. The lowest BCUT2D eigenvalue weighted by molar-refractivity contribution is 0.0697. The van der Waals surface area contributed by atoms with Crippen molar-refractivity contribution in [2.45, 2.75) is 25.9 Å². The van der Waals surface area contributed by atoms with Crippen LogP contribution in [0.4, 0.5) is 5.13 Å². The van der Waals surface area contributed by atoms with E-state index in [9.17, 15) is 5.11 Å². The monoisotopic (exact) mass is 220 g/mol. The standard InChI is InChI=1S/C8H13ClN2OS/c1-3-8(2,12)5-11-7-10-4-6(9)13-7/h4,12H,3,5H2,1-2H3,(H,10,11). The van der Waals surface area contributed by atoms with Crippen LogP contribution in [0.3, 0.4) is 0 Å². The third-order valence-electron chi connectivity index (χ3n) is 1.86. The van der Waals surface area contributed by atoms with Crippen molar-refractivity contribution in [3.63, 3.8) is 0 Å². The Morgan fingerprint density at radius 1 is 1.77 bits per heavy atom. The second-order valence-corrected chi connectivity index (χ2v) is 4.84. The Hall–Kier alpha value is -0.320. The van der Waals surface area contributed by atoms with Gasteiger partial charge in [0.25, 0.3) is 0 Å². The van der Waals surface area contributed by atoms with Gasteiger partial charge in [0, 0.05) is 6.54 Å². The molecule has 0 aliphatic rings. The van der Waals surface area contributed by atoms with Crippen LogP contribution in [0.15, 0.2) is 6.20 Å². The van der Waals surface area contributed by atoms with Crippen LogP contribution in [-0.2, 0) is 0 Å². The van der Waals surface area contributed by atoms with E-state index in [0.29, 0.717) is 17.3 Å². The fraction of sp³-hybridized carbons (Fsp3) is 0.625. The lowest BCUT2D eigenvalue weighted by Crippen LogP contribution is -2.32.